The number of β-amino-alcohol motifs (C(OH)–C–C–N with tert-alkyl or cyclic N) is 1. The smallest absolute Gasteiger partial charge is 0.161 e. The number of piperidine rings is 1. The maximum absolute atomic E-state index is 11.2. The average molecular weight is 647 g/mol. The van der Waals surface area contributed by atoms with Gasteiger partial charge in [0.15, 0.2) is 23.0 Å². The van der Waals surface area contributed by atoms with Crippen LogP contribution < -0.4 is 23.7 Å². The van der Waals surface area contributed by atoms with E-state index in [9.17, 15) is 5.11 Å². The van der Waals surface area contributed by atoms with Crippen molar-refractivity contribution in [2.45, 2.75) is 56.9 Å². The van der Waals surface area contributed by atoms with Gasteiger partial charge in [-0.05, 0) is 97.2 Å². The van der Waals surface area contributed by atoms with E-state index in [-0.39, 0.29) is 12.6 Å². The Hall–Kier alpha value is -3.50. The highest BCUT2D eigenvalue weighted by Gasteiger charge is 2.38. The maximum Gasteiger partial charge on any atom is 0.161 e. The summed E-state index contributed by atoms with van der Waals surface area (Å²) in [6.45, 7) is 4.18. The molecule has 3 aromatic rings. The third kappa shape index (κ3) is 7.18. The van der Waals surface area contributed by atoms with Gasteiger partial charge in [0, 0.05) is 37.3 Å². The van der Waals surface area contributed by atoms with Crippen LogP contribution in [0.15, 0.2) is 48.5 Å². The normalized spacial score (nSPS) is 21.6. The fraction of sp³-hybridized carbons (Fsp3) is 0.526. The van der Waals surface area contributed by atoms with Crippen LogP contribution in [0.1, 0.15) is 59.2 Å². The molecule has 4 unspecified atom stereocenters. The van der Waals surface area contributed by atoms with Crippen molar-refractivity contribution in [3.05, 3.63) is 76.3 Å². The van der Waals surface area contributed by atoms with Crippen molar-refractivity contribution in [1.82, 2.24) is 9.80 Å². The minimum atomic E-state index is -0.622. The Morgan fingerprint density at radius 2 is 1.36 bits per heavy atom. The summed E-state index contributed by atoms with van der Waals surface area (Å²) in [5.41, 5.74) is 6.27. The summed E-state index contributed by atoms with van der Waals surface area (Å²) in [4.78, 5) is 5.11. The lowest BCUT2D eigenvalue weighted by atomic mass is 9.77. The molecule has 1 saturated heterocycles. The molecule has 9 heteroatoms. The molecule has 254 valence electrons. The molecule has 0 spiro atoms. The molecule has 3 heterocycles. The third-order valence-electron chi connectivity index (χ3n) is 10.4. The first-order valence-electron chi connectivity index (χ1n) is 16.8. The van der Waals surface area contributed by atoms with E-state index in [2.05, 4.69) is 34.1 Å². The molecular weight excluding hydrogens is 596 g/mol. The zero-order valence-corrected chi connectivity index (χ0v) is 28.5. The molecule has 9 nitrogen and oxygen atoms in total. The molecule has 0 bridgehead atoms. The van der Waals surface area contributed by atoms with E-state index in [1.165, 1.54) is 22.3 Å². The summed E-state index contributed by atoms with van der Waals surface area (Å²) in [6.07, 6.45) is 4.53. The lowest BCUT2D eigenvalue weighted by Gasteiger charge is -2.46. The Bertz CT molecular complexity index is 1510. The number of aliphatic hydroxyl groups excluding tert-OH is 1. The van der Waals surface area contributed by atoms with Gasteiger partial charge in [-0.15, -0.1) is 0 Å². The highest BCUT2D eigenvalue weighted by atomic mass is 16.5. The molecule has 0 aliphatic carbocycles. The van der Waals surface area contributed by atoms with Crippen molar-refractivity contribution in [3.8, 4) is 28.7 Å². The predicted molar refractivity (Wildman–Crippen MR) is 181 cm³/mol. The molecular formula is C38H50N2O7. The van der Waals surface area contributed by atoms with Crippen LogP contribution in [0, 0.1) is 5.92 Å². The van der Waals surface area contributed by atoms with Crippen LogP contribution in [0.5, 0.6) is 28.7 Å². The van der Waals surface area contributed by atoms with Crippen molar-refractivity contribution >= 4 is 0 Å². The van der Waals surface area contributed by atoms with Crippen LogP contribution >= 0.6 is 0 Å². The minimum Gasteiger partial charge on any atom is -0.496 e. The van der Waals surface area contributed by atoms with Crippen LogP contribution in [0.3, 0.4) is 0 Å². The quantitative estimate of drug-likeness (QED) is 0.255. The Labute approximate surface area is 279 Å². The number of benzene rings is 3. The van der Waals surface area contributed by atoms with Gasteiger partial charge in [0.2, 0.25) is 0 Å². The number of methoxy groups -OCH3 is 5. The maximum atomic E-state index is 11.2. The summed E-state index contributed by atoms with van der Waals surface area (Å²) in [7, 11) is 8.47. The Balaban J connectivity index is 1.21. The van der Waals surface area contributed by atoms with E-state index in [0.29, 0.717) is 25.1 Å². The molecule has 3 aliphatic rings. The van der Waals surface area contributed by atoms with Crippen molar-refractivity contribution in [2.75, 3.05) is 68.3 Å². The number of hydrogen-bond donors (Lipinski definition) is 1. The van der Waals surface area contributed by atoms with E-state index in [1.54, 1.807) is 35.5 Å². The summed E-state index contributed by atoms with van der Waals surface area (Å²) < 4.78 is 34.3. The second-order valence-corrected chi connectivity index (χ2v) is 13.0. The molecule has 0 amide bonds. The van der Waals surface area contributed by atoms with Gasteiger partial charge < -0.3 is 33.5 Å². The van der Waals surface area contributed by atoms with Gasteiger partial charge in [-0.25, -0.2) is 0 Å². The molecule has 1 N–H and O–H groups in total. The summed E-state index contributed by atoms with van der Waals surface area (Å²) in [5, 5.41) is 11.2. The average Bonchev–Trinajstić information content (AvgIpc) is 3.11. The number of nitrogens with zero attached hydrogens (tertiary/aromatic N) is 2. The van der Waals surface area contributed by atoms with E-state index < -0.39 is 6.10 Å². The zero-order chi connectivity index (χ0) is 32.9. The SMILES string of the molecule is COc1ccccc1COCC(O)CN1CCc2cc(OC)c(OC)cc2C1CC1CCN2CCc3cc(OC)c(OC)cc3C2C1. The van der Waals surface area contributed by atoms with Crippen molar-refractivity contribution < 1.29 is 33.5 Å². The fourth-order valence-electron chi connectivity index (χ4n) is 7.96. The Morgan fingerprint density at radius 3 is 2.06 bits per heavy atom. The monoisotopic (exact) mass is 646 g/mol. The molecule has 47 heavy (non-hydrogen) atoms. The van der Waals surface area contributed by atoms with Crippen LogP contribution in [0.4, 0.5) is 0 Å². The van der Waals surface area contributed by atoms with E-state index in [1.807, 2.05) is 24.3 Å². The van der Waals surface area contributed by atoms with Crippen molar-refractivity contribution in [2.24, 2.45) is 5.92 Å². The fourth-order valence-corrected chi connectivity index (χ4v) is 7.96. The number of rotatable bonds is 13. The first-order chi connectivity index (χ1) is 23.0. The predicted octanol–water partition coefficient (Wildman–Crippen LogP) is 5.61. The van der Waals surface area contributed by atoms with Gasteiger partial charge in [0.1, 0.15) is 5.75 Å². The van der Waals surface area contributed by atoms with Crippen LogP contribution in [0.25, 0.3) is 0 Å². The molecule has 6 rings (SSSR count). The number of fused-ring (bicyclic) bond motifs is 4. The molecule has 4 atom stereocenters. The second kappa shape index (κ2) is 15.2. The lowest BCUT2D eigenvalue weighted by Crippen LogP contribution is -2.44. The summed E-state index contributed by atoms with van der Waals surface area (Å²) in [6, 6.07) is 17.0. The molecule has 3 aromatic carbocycles. The molecule has 0 aromatic heterocycles. The lowest BCUT2D eigenvalue weighted by molar-refractivity contribution is -0.00485. The second-order valence-electron chi connectivity index (χ2n) is 13.0. The first kappa shape index (κ1) is 33.4. The molecule has 0 saturated carbocycles. The first-order valence-corrected chi connectivity index (χ1v) is 16.8. The van der Waals surface area contributed by atoms with E-state index >= 15 is 0 Å². The van der Waals surface area contributed by atoms with Crippen molar-refractivity contribution in [1.29, 1.82) is 0 Å². The molecule has 3 aliphatic heterocycles. The van der Waals surface area contributed by atoms with Crippen molar-refractivity contribution in [3.63, 3.8) is 0 Å². The van der Waals surface area contributed by atoms with Gasteiger partial charge in [0.25, 0.3) is 0 Å². The number of ether oxygens (including phenoxy) is 6. The topological polar surface area (TPSA) is 82.1 Å². The van der Waals surface area contributed by atoms with E-state index in [4.69, 9.17) is 28.4 Å². The summed E-state index contributed by atoms with van der Waals surface area (Å²) in [5.74, 6) is 4.42. The summed E-state index contributed by atoms with van der Waals surface area (Å²) >= 11 is 0. The van der Waals surface area contributed by atoms with Gasteiger partial charge in [-0.3, -0.25) is 9.80 Å². The van der Waals surface area contributed by atoms with Gasteiger partial charge in [-0.1, -0.05) is 18.2 Å². The Kier molecular flexibility index (Phi) is 10.8. The molecule has 1 fully saturated rings. The zero-order valence-electron chi connectivity index (χ0n) is 28.5. The standard InChI is InChI=1S/C38H50N2O7/c1-42-34-9-7-6-8-28(34)23-47-24-29(41)22-40-15-12-27-19-36(44-3)38(46-5)21-31(27)33(40)17-25-10-13-39-14-11-26-18-35(43-2)37(45-4)20-30(26)32(39)16-25/h6-9,18-21,25,29,32-33,41H,10-17,22-24H2,1-5H3. The third-order valence-corrected chi connectivity index (χ3v) is 10.4. The largest absolute Gasteiger partial charge is 0.496 e. The number of hydrogen-bond acceptors (Lipinski definition) is 9. The van der Waals surface area contributed by atoms with Crippen LogP contribution in [-0.4, -0.2) is 89.3 Å². The minimum absolute atomic E-state index is 0.146. The highest BCUT2D eigenvalue weighted by Crippen LogP contribution is 2.47. The van der Waals surface area contributed by atoms with Gasteiger partial charge in [0.05, 0.1) is 54.9 Å². The van der Waals surface area contributed by atoms with Gasteiger partial charge in [-0.2, -0.15) is 0 Å². The van der Waals surface area contributed by atoms with Crippen LogP contribution in [-0.2, 0) is 24.2 Å². The highest BCUT2D eigenvalue weighted by molar-refractivity contribution is 5.51. The number of para-hydroxylation sites is 1. The Morgan fingerprint density at radius 1 is 0.745 bits per heavy atom. The number of aliphatic hydroxyl groups is 1. The van der Waals surface area contributed by atoms with Gasteiger partial charge >= 0.3 is 0 Å². The molecule has 0 radical (unpaired) electrons. The van der Waals surface area contributed by atoms with Crippen LogP contribution in [0.2, 0.25) is 0 Å². The van der Waals surface area contributed by atoms with E-state index in [0.717, 1.165) is 86.0 Å².